The highest BCUT2D eigenvalue weighted by Gasteiger charge is 2.23. The second-order valence-electron chi connectivity index (χ2n) is 4.48. The van der Waals surface area contributed by atoms with Gasteiger partial charge in [0, 0.05) is 5.57 Å². The summed E-state index contributed by atoms with van der Waals surface area (Å²) in [5, 5.41) is 0. The second-order valence-corrected chi connectivity index (χ2v) is 4.48. The normalized spacial score (nSPS) is 17.5. The second kappa shape index (κ2) is 4.63. The van der Waals surface area contributed by atoms with E-state index >= 15 is 0 Å². The van der Waals surface area contributed by atoms with E-state index in [2.05, 4.69) is 0 Å². The van der Waals surface area contributed by atoms with Crippen LogP contribution >= 0.6 is 0 Å². The molecule has 0 aromatic rings. The summed E-state index contributed by atoms with van der Waals surface area (Å²) >= 11 is 0. The molecule has 0 saturated carbocycles. The Morgan fingerprint density at radius 3 is 2.71 bits per heavy atom. The fraction of sp³-hybridized carbons (Fsp3) is 0.750. The molecular formula is C12H20O2. The molecule has 0 N–H and O–H groups in total. The lowest BCUT2D eigenvalue weighted by atomic mass is 9.99. The monoisotopic (exact) mass is 196 g/mol. The van der Waals surface area contributed by atoms with Crippen LogP contribution in [-0.2, 0) is 9.53 Å². The van der Waals surface area contributed by atoms with Crippen molar-refractivity contribution in [2.24, 2.45) is 0 Å². The topological polar surface area (TPSA) is 26.3 Å². The van der Waals surface area contributed by atoms with Crippen LogP contribution in [-0.4, -0.2) is 11.6 Å². The summed E-state index contributed by atoms with van der Waals surface area (Å²) in [5.41, 5.74) is 0.549. The number of rotatable bonds is 3. The van der Waals surface area contributed by atoms with Crippen LogP contribution in [0.3, 0.4) is 0 Å². The maximum Gasteiger partial charge on any atom is 0.334 e. The molecule has 0 unspecified atom stereocenters. The van der Waals surface area contributed by atoms with E-state index < -0.39 is 0 Å². The smallest absolute Gasteiger partial charge is 0.334 e. The van der Waals surface area contributed by atoms with Gasteiger partial charge < -0.3 is 4.74 Å². The first-order chi connectivity index (χ1) is 6.55. The molecule has 0 aliphatic heterocycles. The molecule has 0 bridgehead atoms. The van der Waals surface area contributed by atoms with Gasteiger partial charge in [0.15, 0.2) is 0 Å². The molecule has 1 aliphatic rings. The number of ether oxygens (including phenoxy) is 1. The van der Waals surface area contributed by atoms with E-state index in [9.17, 15) is 4.79 Å². The maximum absolute atomic E-state index is 11.7. The van der Waals surface area contributed by atoms with Gasteiger partial charge in [-0.25, -0.2) is 4.79 Å². The summed E-state index contributed by atoms with van der Waals surface area (Å²) in [6.45, 7) is 5.94. The summed E-state index contributed by atoms with van der Waals surface area (Å²) in [5.74, 6) is -0.114. The zero-order valence-corrected chi connectivity index (χ0v) is 9.43. The van der Waals surface area contributed by atoms with Gasteiger partial charge in [0.2, 0.25) is 0 Å². The summed E-state index contributed by atoms with van der Waals surface area (Å²) in [4.78, 5) is 11.7. The first-order valence-corrected chi connectivity index (χ1v) is 5.47. The molecule has 0 amide bonds. The predicted molar refractivity (Wildman–Crippen MR) is 57.0 cm³/mol. The molecule has 0 radical (unpaired) electrons. The van der Waals surface area contributed by atoms with Crippen molar-refractivity contribution in [1.82, 2.24) is 0 Å². The van der Waals surface area contributed by atoms with E-state index in [1.54, 1.807) is 0 Å². The number of esters is 1. The van der Waals surface area contributed by atoms with Crippen molar-refractivity contribution in [2.75, 3.05) is 0 Å². The molecule has 2 nitrogen and oxygen atoms in total. The molecule has 0 heterocycles. The zero-order chi connectivity index (χ0) is 10.6. The first kappa shape index (κ1) is 11.3. The minimum Gasteiger partial charge on any atom is -0.456 e. The van der Waals surface area contributed by atoms with Crippen molar-refractivity contribution in [3.8, 4) is 0 Å². The molecule has 2 heteroatoms. The number of allylic oxidation sites excluding steroid dienone is 1. The van der Waals surface area contributed by atoms with E-state index in [0.717, 1.165) is 31.3 Å². The van der Waals surface area contributed by atoms with Gasteiger partial charge in [-0.15, -0.1) is 0 Å². The SMILES string of the molecule is CCC(C)(C)OC(=O)C1=CCCCC1. The number of hydrogen-bond acceptors (Lipinski definition) is 2. The van der Waals surface area contributed by atoms with Gasteiger partial charge in [-0.1, -0.05) is 13.0 Å². The average molecular weight is 196 g/mol. The number of hydrogen-bond donors (Lipinski definition) is 0. The standard InChI is InChI=1S/C12H20O2/c1-4-12(2,3)14-11(13)10-8-6-5-7-9-10/h8H,4-7,9H2,1-3H3. The molecule has 0 aromatic carbocycles. The van der Waals surface area contributed by atoms with Crippen molar-refractivity contribution in [3.63, 3.8) is 0 Å². The van der Waals surface area contributed by atoms with Gasteiger partial charge in [0.1, 0.15) is 5.60 Å². The van der Waals surface area contributed by atoms with Gasteiger partial charge in [-0.05, 0) is 46.0 Å². The molecule has 0 aromatic heterocycles. The minimum absolute atomic E-state index is 0.114. The number of carbonyl (C=O) groups excluding carboxylic acids is 1. The Hall–Kier alpha value is -0.790. The van der Waals surface area contributed by atoms with Gasteiger partial charge >= 0.3 is 5.97 Å². The third kappa shape index (κ3) is 3.17. The Bertz CT molecular complexity index is 239. The third-order valence-corrected chi connectivity index (χ3v) is 2.77. The Balaban J connectivity index is 2.53. The van der Waals surface area contributed by atoms with Gasteiger partial charge in [0.25, 0.3) is 0 Å². The highest BCUT2D eigenvalue weighted by molar-refractivity contribution is 5.88. The lowest BCUT2D eigenvalue weighted by Gasteiger charge is -2.24. The summed E-state index contributed by atoms with van der Waals surface area (Å²) in [6, 6.07) is 0. The van der Waals surface area contributed by atoms with Crippen LogP contribution in [0.5, 0.6) is 0 Å². The number of carbonyl (C=O) groups is 1. The highest BCUT2D eigenvalue weighted by atomic mass is 16.6. The van der Waals surface area contributed by atoms with Crippen LogP contribution in [0.25, 0.3) is 0 Å². The van der Waals surface area contributed by atoms with Crippen LogP contribution in [0.1, 0.15) is 52.9 Å². The van der Waals surface area contributed by atoms with Crippen molar-refractivity contribution in [2.45, 2.75) is 58.5 Å². The van der Waals surface area contributed by atoms with Crippen molar-refractivity contribution < 1.29 is 9.53 Å². The molecule has 14 heavy (non-hydrogen) atoms. The molecule has 0 saturated heterocycles. The summed E-state index contributed by atoms with van der Waals surface area (Å²) in [7, 11) is 0. The quantitative estimate of drug-likeness (QED) is 0.648. The Morgan fingerprint density at radius 2 is 2.21 bits per heavy atom. The Kier molecular flexibility index (Phi) is 3.73. The van der Waals surface area contributed by atoms with E-state index in [1.165, 1.54) is 6.42 Å². The maximum atomic E-state index is 11.7. The lowest BCUT2D eigenvalue weighted by Crippen LogP contribution is -2.28. The third-order valence-electron chi connectivity index (χ3n) is 2.77. The lowest BCUT2D eigenvalue weighted by molar-refractivity contribution is -0.152. The minimum atomic E-state index is -0.324. The van der Waals surface area contributed by atoms with Crippen LogP contribution in [0.15, 0.2) is 11.6 Å². The van der Waals surface area contributed by atoms with Crippen LogP contribution in [0.2, 0.25) is 0 Å². The zero-order valence-electron chi connectivity index (χ0n) is 9.43. The molecule has 0 spiro atoms. The molecule has 0 atom stereocenters. The van der Waals surface area contributed by atoms with Crippen molar-refractivity contribution in [1.29, 1.82) is 0 Å². The summed E-state index contributed by atoms with van der Waals surface area (Å²) < 4.78 is 5.42. The van der Waals surface area contributed by atoms with E-state index in [0.29, 0.717) is 0 Å². The Morgan fingerprint density at radius 1 is 1.50 bits per heavy atom. The molecule has 1 rings (SSSR count). The van der Waals surface area contributed by atoms with Gasteiger partial charge in [-0.2, -0.15) is 0 Å². The molecule has 1 aliphatic carbocycles. The highest BCUT2D eigenvalue weighted by Crippen LogP contribution is 2.22. The average Bonchev–Trinajstić information content (AvgIpc) is 2.19. The van der Waals surface area contributed by atoms with E-state index in [-0.39, 0.29) is 11.6 Å². The van der Waals surface area contributed by atoms with Crippen LogP contribution in [0.4, 0.5) is 0 Å². The van der Waals surface area contributed by atoms with Gasteiger partial charge in [0.05, 0.1) is 0 Å². The summed E-state index contributed by atoms with van der Waals surface area (Å²) in [6.07, 6.45) is 7.11. The van der Waals surface area contributed by atoms with Crippen LogP contribution in [0, 0.1) is 0 Å². The molecular weight excluding hydrogens is 176 g/mol. The van der Waals surface area contributed by atoms with E-state index in [1.807, 2.05) is 26.8 Å². The largest absolute Gasteiger partial charge is 0.456 e. The molecule has 0 fully saturated rings. The van der Waals surface area contributed by atoms with Crippen molar-refractivity contribution in [3.05, 3.63) is 11.6 Å². The van der Waals surface area contributed by atoms with E-state index in [4.69, 9.17) is 4.74 Å². The van der Waals surface area contributed by atoms with Crippen LogP contribution < -0.4 is 0 Å². The van der Waals surface area contributed by atoms with Gasteiger partial charge in [-0.3, -0.25) is 0 Å². The van der Waals surface area contributed by atoms with Crippen molar-refractivity contribution >= 4 is 5.97 Å². The fourth-order valence-corrected chi connectivity index (χ4v) is 1.41. The first-order valence-electron chi connectivity index (χ1n) is 5.47. The fourth-order valence-electron chi connectivity index (χ4n) is 1.41. The Labute approximate surface area is 86.3 Å². The molecule has 80 valence electrons. The predicted octanol–water partition coefficient (Wildman–Crippen LogP) is 3.22.